The fourth-order valence-corrected chi connectivity index (χ4v) is 3.25. The van der Waals surface area contributed by atoms with E-state index in [0.717, 1.165) is 31.2 Å². The Morgan fingerprint density at radius 3 is 2.42 bits per heavy atom. The monoisotopic (exact) mass is 283 g/mol. The molecule has 0 fully saturated rings. The number of hydrogen-bond acceptors (Lipinski definition) is 4. The maximum absolute atomic E-state index is 4.88. The first-order chi connectivity index (χ1) is 8.90. The van der Waals surface area contributed by atoms with Gasteiger partial charge >= 0.3 is 0 Å². The summed E-state index contributed by atoms with van der Waals surface area (Å²) in [5.41, 5.74) is 1.37. The summed E-state index contributed by atoms with van der Waals surface area (Å²) in [6.45, 7) is 14.2. The van der Waals surface area contributed by atoms with Gasteiger partial charge in [-0.15, -0.1) is 11.3 Å². The second-order valence-corrected chi connectivity index (χ2v) is 7.18. The highest BCUT2D eigenvalue weighted by Crippen LogP contribution is 2.33. The second kappa shape index (κ2) is 7.25. The van der Waals surface area contributed by atoms with Crippen LogP contribution in [0.1, 0.15) is 58.0 Å². The van der Waals surface area contributed by atoms with Crippen LogP contribution in [0.4, 0.5) is 5.13 Å². The molecule has 0 amide bonds. The van der Waals surface area contributed by atoms with Crippen molar-refractivity contribution in [2.24, 2.45) is 0 Å². The highest BCUT2D eigenvalue weighted by molar-refractivity contribution is 7.15. The lowest BCUT2D eigenvalue weighted by Gasteiger charge is -2.18. The molecule has 0 bridgehead atoms. The van der Waals surface area contributed by atoms with E-state index >= 15 is 0 Å². The molecule has 0 spiro atoms. The summed E-state index contributed by atoms with van der Waals surface area (Å²) in [7, 11) is 2.14. The molecule has 0 saturated carbocycles. The Morgan fingerprint density at radius 1 is 1.21 bits per heavy atom. The number of aromatic nitrogens is 1. The number of thiazole rings is 1. The van der Waals surface area contributed by atoms with E-state index < -0.39 is 0 Å². The second-order valence-electron chi connectivity index (χ2n) is 6.12. The van der Waals surface area contributed by atoms with Gasteiger partial charge in [-0.05, 0) is 19.4 Å². The summed E-state index contributed by atoms with van der Waals surface area (Å²) >= 11 is 1.84. The smallest absolute Gasteiger partial charge is 0.185 e. The summed E-state index contributed by atoms with van der Waals surface area (Å²) in [6, 6.07) is 0. The van der Waals surface area contributed by atoms with Gasteiger partial charge in [0.05, 0.1) is 5.69 Å². The van der Waals surface area contributed by atoms with Crippen molar-refractivity contribution in [1.82, 2.24) is 10.3 Å². The SMILES string of the molecule is CCCNCc1sc(N(C)CCC)nc1C(C)(C)C. The molecule has 0 aliphatic rings. The van der Waals surface area contributed by atoms with Crippen LogP contribution in [0, 0.1) is 0 Å². The molecule has 1 aromatic heterocycles. The Bertz CT molecular complexity index is 379. The molecule has 0 radical (unpaired) electrons. The lowest BCUT2D eigenvalue weighted by Crippen LogP contribution is -2.20. The minimum absolute atomic E-state index is 0.116. The molecule has 1 aromatic rings. The van der Waals surface area contributed by atoms with Gasteiger partial charge < -0.3 is 10.2 Å². The average molecular weight is 283 g/mol. The Labute approximate surface area is 122 Å². The van der Waals surface area contributed by atoms with E-state index in [-0.39, 0.29) is 5.41 Å². The van der Waals surface area contributed by atoms with E-state index in [9.17, 15) is 0 Å². The predicted octanol–water partition coefficient (Wildman–Crippen LogP) is 3.79. The Kier molecular flexibility index (Phi) is 6.27. The molecule has 0 aliphatic carbocycles. The summed E-state index contributed by atoms with van der Waals surface area (Å²) in [4.78, 5) is 8.54. The van der Waals surface area contributed by atoms with E-state index in [1.165, 1.54) is 17.0 Å². The van der Waals surface area contributed by atoms with Crippen molar-refractivity contribution in [2.45, 2.75) is 59.4 Å². The first kappa shape index (κ1) is 16.4. The lowest BCUT2D eigenvalue weighted by atomic mass is 9.91. The standard InChI is InChI=1S/C15H29N3S/c1-7-9-16-11-12-13(15(3,4)5)17-14(19-12)18(6)10-8-2/h16H,7-11H2,1-6H3. The van der Waals surface area contributed by atoms with E-state index in [4.69, 9.17) is 4.98 Å². The van der Waals surface area contributed by atoms with E-state index in [1.807, 2.05) is 11.3 Å². The topological polar surface area (TPSA) is 28.2 Å². The first-order valence-corrected chi connectivity index (χ1v) is 8.13. The van der Waals surface area contributed by atoms with Gasteiger partial charge in [-0.2, -0.15) is 0 Å². The van der Waals surface area contributed by atoms with Gasteiger partial charge in [0.1, 0.15) is 0 Å². The molecular weight excluding hydrogens is 254 g/mol. The van der Waals surface area contributed by atoms with Crippen LogP contribution in [0.2, 0.25) is 0 Å². The fraction of sp³-hybridized carbons (Fsp3) is 0.800. The van der Waals surface area contributed by atoms with Gasteiger partial charge in [0.2, 0.25) is 0 Å². The van der Waals surface area contributed by atoms with Crippen molar-refractivity contribution in [3.8, 4) is 0 Å². The lowest BCUT2D eigenvalue weighted by molar-refractivity contribution is 0.558. The van der Waals surface area contributed by atoms with E-state index in [2.05, 4.69) is 51.9 Å². The molecule has 1 rings (SSSR count). The van der Waals surface area contributed by atoms with Crippen LogP contribution in [-0.4, -0.2) is 25.1 Å². The quantitative estimate of drug-likeness (QED) is 0.772. The molecule has 4 heteroatoms. The van der Waals surface area contributed by atoms with Crippen molar-refractivity contribution in [1.29, 1.82) is 0 Å². The number of anilines is 1. The van der Waals surface area contributed by atoms with Crippen molar-refractivity contribution in [3.63, 3.8) is 0 Å². The van der Waals surface area contributed by atoms with Crippen molar-refractivity contribution < 1.29 is 0 Å². The number of rotatable bonds is 7. The number of nitrogens with zero attached hydrogens (tertiary/aromatic N) is 2. The number of hydrogen-bond donors (Lipinski definition) is 1. The van der Waals surface area contributed by atoms with Crippen LogP contribution in [0.3, 0.4) is 0 Å². The van der Waals surface area contributed by atoms with Gasteiger partial charge in [0.15, 0.2) is 5.13 Å². The molecule has 19 heavy (non-hydrogen) atoms. The summed E-state index contributed by atoms with van der Waals surface area (Å²) in [5, 5.41) is 4.65. The minimum Gasteiger partial charge on any atom is -0.351 e. The van der Waals surface area contributed by atoms with E-state index in [1.54, 1.807) is 0 Å². The zero-order chi connectivity index (χ0) is 14.5. The normalized spacial score (nSPS) is 11.9. The van der Waals surface area contributed by atoms with Gasteiger partial charge in [-0.3, -0.25) is 0 Å². The molecular formula is C15H29N3S. The summed E-state index contributed by atoms with van der Waals surface area (Å²) in [6.07, 6.45) is 2.33. The summed E-state index contributed by atoms with van der Waals surface area (Å²) in [5.74, 6) is 0. The van der Waals surface area contributed by atoms with Crippen molar-refractivity contribution in [2.75, 3.05) is 25.0 Å². The van der Waals surface area contributed by atoms with Gasteiger partial charge in [-0.25, -0.2) is 4.98 Å². The van der Waals surface area contributed by atoms with Crippen LogP contribution < -0.4 is 10.2 Å². The molecule has 0 saturated heterocycles. The van der Waals surface area contributed by atoms with Gasteiger partial charge in [-0.1, -0.05) is 34.6 Å². The van der Waals surface area contributed by atoms with Gasteiger partial charge in [0, 0.05) is 30.4 Å². The third-order valence-corrected chi connectivity index (χ3v) is 4.16. The predicted molar refractivity (Wildman–Crippen MR) is 86.4 cm³/mol. The maximum atomic E-state index is 4.88. The average Bonchev–Trinajstić information content (AvgIpc) is 2.74. The van der Waals surface area contributed by atoms with Crippen LogP contribution in [0.15, 0.2) is 0 Å². The molecule has 0 unspecified atom stereocenters. The molecule has 110 valence electrons. The van der Waals surface area contributed by atoms with Gasteiger partial charge in [0.25, 0.3) is 0 Å². The Balaban J connectivity index is 2.92. The highest BCUT2D eigenvalue weighted by atomic mass is 32.1. The largest absolute Gasteiger partial charge is 0.351 e. The van der Waals surface area contributed by atoms with Crippen molar-refractivity contribution in [3.05, 3.63) is 10.6 Å². The zero-order valence-corrected chi connectivity index (χ0v) is 14.2. The summed E-state index contributed by atoms with van der Waals surface area (Å²) < 4.78 is 0. The van der Waals surface area contributed by atoms with Crippen LogP contribution >= 0.6 is 11.3 Å². The molecule has 0 aromatic carbocycles. The van der Waals surface area contributed by atoms with E-state index in [0.29, 0.717) is 0 Å². The molecule has 0 aliphatic heterocycles. The first-order valence-electron chi connectivity index (χ1n) is 7.32. The molecule has 3 nitrogen and oxygen atoms in total. The third kappa shape index (κ3) is 4.77. The molecule has 1 heterocycles. The van der Waals surface area contributed by atoms with Crippen LogP contribution in [0.25, 0.3) is 0 Å². The van der Waals surface area contributed by atoms with Crippen LogP contribution in [-0.2, 0) is 12.0 Å². The van der Waals surface area contributed by atoms with Crippen molar-refractivity contribution >= 4 is 16.5 Å². The maximum Gasteiger partial charge on any atom is 0.185 e. The molecule has 0 atom stereocenters. The number of nitrogens with one attached hydrogen (secondary N) is 1. The minimum atomic E-state index is 0.116. The Morgan fingerprint density at radius 2 is 1.89 bits per heavy atom. The van der Waals surface area contributed by atoms with Crippen LogP contribution in [0.5, 0.6) is 0 Å². The fourth-order valence-electron chi connectivity index (χ4n) is 2.02. The Hall–Kier alpha value is -0.610. The third-order valence-electron chi connectivity index (χ3n) is 2.99. The molecule has 1 N–H and O–H groups in total. The highest BCUT2D eigenvalue weighted by Gasteiger charge is 2.23. The zero-order valence-electron chi connectivity index (χ0n) is 13.3.